The van der Waals surface area contributed by atoms with Crippen LogP contribution in [0.3, 0.4) is 0 Å². The smallest absolute Gasteiger partial charge is 0.394 e. The van der Waals surface area contributed by atoms with Crippen LogP contribution in [0.25, 0.3) is 0 Å². The lowest BCUT2D eigenvalue weighted by Gasteiger charge is -2.32. The number of anilines is 1. The molecule has 0 saturated heterocycles. The molecule has 1 aliphatic carbocycles. The van der Waals surface area contributed by atoms with Crippen LogP contribution in [0, 0.1) is 0 Å². The summed E-state index contributed by atoms with van der Waals surface area (Å²) in [4.78, 5) is 13.0. The minimum Gasteiger partial charge on any atom is -0.432 e. The van der Waals surface area contributed by atoms with Gasteiger partial charge in [0.1, 0.15) is 17.1 Å². The Balaban J connectivity index is 1.50. The lowest BCUT2D eigenvalue weighted by molar-refractivity contribution is -0.159. The summed E-state index contributed by atoms with van der Waals surface area (Å²) in [5.41, 5.74) is 2.12. The number of alkyl halides is 2. The van der Waals surface area contributed by atoms with E-state index in [1.807, 2.05) is 22.9 Å². The van der Waals surface area contributed by atoms with Crippen molar-refractivity contribution in [3.63, 3.8) is 0 Å². The first-order chi connectivity index (χ1) is 15.3. The van der Waals surface area contributed by atoms with Crippen LogP contribution in [0.2, 0.25) is 0 Å². The summed E-state index contributed by atoms with van der Waals surface area (Å²) in [5, 5.41) is 10.7. The average Bonchev–Trinajstić information content (AvgIpc) is 2.99. The minimum absolute atomic E-state index is 0.0329. The maximum Gasteiger partial charge on any atom is 0.394 e. The van der Waals surface area contributed by atoms with Crippen LogP contribution < -0.4 is 15.4 Å². The Bertz CT molecular complexity index is 1080. The number of aromatic nitrogens is 2. The van der Waals surface area contributed by atoms with Crippen molar-refractivity contribution in [1.29, 1.82) is 0 Å². The number of amides is 1. The topological polar surface area (TPSA) is 68.2 Å². The molecule has 2 aromatic rings. The molecule has 2 aliphatic rings. The van der Waals surface area contributed by atoms with Crippen molar-refractivity contribution < 1.29 is 18.3 Å². The number of halogens is 2. The number of rotatable bonds is 6. The van der Waals surface area contributed by atoms with E-state index in [0.29, 0.717) is 23.9 Å². The van der Waals surface area contributed by atoms with Gasteiger partial charge in [-0.15, -0.1) is 0 Å². The highest BCUT2D eigenvalue weighted by Gasteiger charge is 2.30. The first-order valence-electron chi connectivity index (χ1n) is 10.6. The van der Waals surface area contributed by atoms with E-state index in [-0.39, 0.29) is 30.3 Å². The van der Waals surface area contributed by atoms with Crippen LogP contribution in [0.4, 0.5) is 14.6 Å². The van der Waals surface area contributed by atoms with Gasteiger partial charge in [-0.25, -0.2) is 4.68 Å². The van der Waals surface area contributed by atoms with Crippen molar-refractivity contribution in [3.8, 4) is 5.75 Å². The quantitative estimate of drug-likeness (QED) is 0.664. The van der Waals surface area contributed by atoms with Crippen LogP contribution in [0.15, 0.2) is 66.4 Å². The lowest BCUT2D eigenvalue weighted by atomic mass is 9.95. The fourth-order valence-electron chi connectivity index (χ4n) is 3.98. The summed E-state index contributed by atoms with van der Waals surface area (Å²) >= 11 is 0. The first-order valence-corrected chi connectivity index (χ1v) is 10.6. The number of fused-ring (bicyclic) bond motifs is 1. The molecule has 0 spiro atoms. The van der Waals surface area contributed by atoms with E-state index in [9.17, 15) is 13.6 Å². The first kappa shape index (κ1) is 21.8. The van der Waals surface area contributed by atoms with E-state index < -0.39 is 6.11 Å². The molecule has 0 saturated carbocycles. The SMILES string of the molecule is CC1CC(C2=CC=CC=CC2)Nc2c(C(=O)NCc3ccccc3OC(C)(F)F)cnn21. The molecule has 1 aromatic carbocycles. The van der Waals surface area contributed by atoms with Crippen LogP contribution in [-0.2, 0) is 6.54 Å². The summed E-state index contributed by atoms with van der Waals surface area (Å²) in [6.45, 7) is 2.81. The molecule has 1 aliphatic heterocycles. The zero-order chi connectivity index (χ0) is 22.7. The molecule has 2 unspecified atom stereocenters. The maximum atomic E-state index is 13.3. The Hall–Kier alpha value is -3.42. The molecule has 8 heteroatoms. The summed E-state index contributed by atoms with van der Waals surface area (Å²) in [6, 6.07) is 6.63. The number of nitrogens with one attached hydrogen (secondary N) is 2. The van der Waals surface area contributed by atoms with Crippen LogP contribution in [0.1, 0.15) is 48.7 Å². The number of hydrogen-bond donors (Lipinski definition) is 2. The van der Waals surface area contributed by atoms with E-state index in [1.54, 1.807) is 24.4 Å². The molecule has 0 fully saturated rings. The Morgan fingerprint density at radius 2 is 2.12 bits per heavy atom. The van der Waals surface area contributed by atoms with Crippen LogP contribution in [0.5, 0.6) is 5.75 Å². The second-order valence-corrected chi connectivity index (χ2v) is 8.09. The lowest BCUT2D eigenvalue weighted by Crippen LogP contribution is -2.34. The Labute approximate surface area is 185 Å². The third-order valence-corrected chi connectivity index (χ3v) is 5.52. The number of hydrogen-bond acceptors (Lipinski definition) is 4. The third-order valence-electron chi connectivity index (χ3n) is 5.52. The van der Waals surface area contributed by atoms with Gasteiger partial charge in [0.25, 0.3) is 5.91 Å². The fraction of sp³-hybridized carbons (Fsp3) is 0.333. The zero-order valence-corrected chi connectivity index (χ0v) is 18.0. The van der Waals surface area contributed by atoms with E-state index >= 15 is 0 Å². The number of carbonyl (C=O) groups is 1. The van der Waals surface area contributed by atoms with Crippen molar-refractivity contribution in [2.24, 2.45) is 0 Å². The summed E-state index contributed by atoms with van der Waals surface area (Å²) in [6.07, 6.45) is 10.2. The highest BCUT2D eigenvalue weighted by atomic mass is 19.3. The molecule has 4 rings (SSSR count). The molecule has 2 atom stereocenters. The molecule has 0 bridgehead atoms. The summed E-state index contributed by atoms with van der Waals surface area (Å²) < 4.78 is 33.2. The molecule has 1 aromatic heterocycles. The molecule has 1 amide bonds. The molecular weight excluding hydrogens is 414 g/mol. The highest BCUT2D eigenvalue weighted by Crippen LogP contribution is 2.33. The van der Waals surface area contributed by atoms with E-state index in [0.717, 1.165) is 12.8 Å². The number of ether oxygens (including phenoxy) is 1. The fourth-order valence-corrected chi connectivity index (χ4v) is 3.98. The maximum absolute atomic E-state index is 13.3. The number of para-hydroxylation sites is 1. The van der Waals surface area contributed by atoms with Crippen molar-refractivity contribution >= 4 is 11.7 Å². The molecule has 0 radical (unpaired) electrons. The standard InChI is InChI=1S/C24H26F2N4O2/c1-16-13-20(17-9-5-3-4-6-10-17)29-22-19(15-28-30(16)22)23(31)27-14-18-11-7-8-12-21(18)32-24(2,25)26/h3-9,11-12,15-16,20,29H,10,13-14H2,1-2H3,(H,27,31). The molecule has 2 N–H and O–H groups in total. The highest BCUT2D eigenvalue weighted by molar-refractivity contribution is 5.98. The van der Waals surface area contributed by atoms with Gasteiger partial charge < -0.3 is 15.4 Å². The van der Waals surface area contributed by atoms with Gasteiger partial charge in [0, 0.05) is 19.0 Å². The molecule has 168 valence electrons. The normalized spacial score (nSPS) is 20.1. The Morgan fingerprint density at radius 3 is 2.94 bits per heavy atom. The zero-order valence-electron chi connectivity index (χ0n) is 18.0. The van der Waals surface area contributed by atoms with Gasteiger partial charge in [0.2, 0.25) is 0 Å². The monoisotopic (exact) mass is 440 g/mol. The van der Waals surface area contributed by atoms with E-state index in [1.165, 1.54) is 11.6 Å². The van der Waals surface area contributed by atoms with Gasteiger partial charge >= 0.3 is 6.11 Å². The van der Waals surface area contributed by atoms with Crippen molar-refractivity contribution in [2.45, 2.75) is 51.4 Å². The predicted octanol–water partition coefficient (Wildman–Crippen LogP) is 4.99. The molecular formula is C24H26F2N4O2. The summed E-state index contributed by atoms with van der Waals surface area (Å²) in [5.74, 6) is 0.360. The second kappa shape index (κ2) is 8.98. The number of allylic oxidation sites excluding steroid dienone is 5. The molecule has 6 nitrogen and oxygen atoms in total. The van der Waals surface area contributed by atoms with Gasteiger partial charge in [-0.3, -0.25) is 4.79 Å². The average molecular weight is 440 g/mol. The minimum atomic E-state index is -3.31. The Kier molecular flexibility index (Phi) is 6.12. The van der Waals surface area contributed by atoms with Gasteiger partial charge in [0.15, 0.2) is 0 Å². The van der Waals surface area contributed by atoms with Crippen LogP contribution in [-0.4, -0.2) is 27.8 Å². The Morgan fingerprint density at radius 1 is 1.31 bits per heavy atom. The van der Waals surface area contributed by atoms with Gasteiger partial charge in [-0.05, 0) is 31.4 Å². The van der Waals surface area contributed by atoms with Crippen molar-refractivity contribution in [2.75, 3.05) is 5.32 Å². The predicted molar refractivity (Wildman–Crippen MR) is 119 cm³/mol. The number of nitrogens with zero attached hydrogens (tertiary/aromatic N) is 2. The van der Waals surface area contributed by atoms with E-state index in [4.69, 9.17) is 4.74 Å². The summed E-state index contributed by atoms with van der Waals surface area (Å²) in [7, 11) is 0. The van der Waals surface area contributed by atoms with Gasteiger partial charge in [0.05, 0.1) is 18.3 Å². The van der Waals surface area contributed by atoms with Crippen molar-refractivity contribution in [1.82, 2.24) is 15.1 Å². The molecule has 32 heavy (non-hydrogen) atoms. The number of benzene rings is 1. The third kappa shape index (κ3) is 4.90. The van der Waals surface area contributed by atoms with Gasteiger partial charge in [-0.2, -0.15) is 13.9 Å². The largest absolute Gasteiger partial charge is 0.432 e. The van der Waals surface area contributed by atoms with Gasteiger partial charge in [-0.1, -0.05) is 48.6 Å². The van der Waals surface area contributed by atoms with Crippen LogP contribution >= 0.6 is 0 Å². The van der Waals surface area contributed by atoms with E-state index in [2.05, 4.69) is 34.8 Å². The molecule has 2 heterocycles. The number of carbonyl (C=O) groups excluding carboxylic acids is 1. The van der Waals surface area contributed by atoms with Crippen molar-refractivity contribution in [3.05, 3.63) is 77.5 Å². The second-order valence-electron chi connectivity index (χ2n) is 8.09.